The first kappa shape index (κ1) is 15.0. The van der Waals surface area contributed by atoms with Crippen LogP contribution in [0.1, 0.15) is 19.8 Å². The molecule has 0 rings (SSSR count). The highest BCUT2D eigenvalue weighted by molar-refractivity contribution is 5.74. The number of carbonyl (C=O) groups excluding carboxylic acids is 1. The standard InChI is InChI=1S/C9H17F3N2O2/c1-2-5-14(6-7-15)8(16)13-4-3-9(10,11)12/h15H,2-7H2,1H3,(H,13,16). The van der Waals surface area contributed by atoms with Gasteiger partial charge in [-0.3, -0.25) is 0 Å². The van der Waals surface area contributed by atoms with E-state index < -0.39 is 25.2 Å². The molecule has 0 radical (unpaired) electrons. The number of alkyl halides is 3. The number of hydrogen-bond donors (Lipinski definition) is 2. The second-order valence-electron chi connectivity index (χ2n) is 3.31. The average Bonchev–Trinajstić information content (AvgIpc) is 2.15. The van der Waals surface area contributed by atoms with Crippen LogP contribution < -0.4 is 5.32 Å². The van der Waals surface area contributed by atoms with E-state index in [0.29, 0.717) is 13.0 Å². The summed E-state index contributed by atoms with van der Waals surface area (Å²) in [5, 5.41) is 10.8. The van der Waals surface area contributed by atoms with E-state index in [1.807, 2.05) is 6.92 Å². The Morgan fingerprint density at radius 2 is 2.00 bits per heavy atom. The maximum Gasteiger partial charge on any atom is 0.390 e. The highest BCUT2D eigenvalue weighted by Crippen LogP contribution is 2.18. The summed E-state index contributed by atoms with van der Waals surface area (Å²) in [6.07, 6.45) is -4.62. The molecule has 0 spiro atoms. The number of aliphatic hydroxyl groups is 1. The number of halogens is 3. The van der Waals surface area contributed by atoms with Crippen LogP contribution in [-0.2, 0) is 0 Å². The Balaban J connectivity index is 3.91. The summed E-state index contributed by atoms with van der Waals surface area (Å²) in [7, 11) is 0. The minimum Gasteiger partial charge on any atom is -0.395 e. The van der Waals surface area contributed by atoms with Crippen molar-refractivity contribution >= 4 is 6.03 Å². The highest BCUT2D eigenvalue weighted by atomic mass is 19.4. The molecule has 0 aliphatic heterocycles. The van der Waals surface area contributed by atoms with Crippen LogP contribution in [0.2, 0.25) is 0 Å². The zero-order valence-electron chi connectivity index (χ0n) is 9.18. The van der Waals surface area contributed by atoms with Gasteiger partial charge in [0, 0.05) is 19.6 Å². The molecule has 96 valence electrons. The molecule has 0 aromatic heterocycles. The number of carbonyl (C=O) groups is 1. The summed E-state index contributed by atoms with van der Waals surface area (Å²) >= 11 is 0. The molecule has 0 aliphatic rings. The normalized spacial score (nSPS) is 11.3. The van der Waals surface area contributed by atoms with Crippen LogP contribution in [0.5, 0.6) is 0 Å². The molecular weight excluding hydrogens is 225 g/mol. The molecule has 0 aliphatic carbocycles. The lowest BCUT2D eigenvalue weighted by atomic mass is 10.4. The Morgan fingerprint density at radius 3 is 2.44 bits per heavy atom. The topological polar surface area (TPSA) is 52.6 Å². The van der Waals surface area contributed by atoms with Gasteiger partial charge in [0.15, 0.2) is 0 Å². The lowest BCUT2D eigenvalue weighted by Crippen LogP contribution is -2.42. The van der Waals surface area contributed by atoms with Crippen molar-refractivity contribution in [1.29, 1.82) is 0 Å². The van der Waals surface area contributed by atoms with Gasteiger partial charge in [-0.05, 0) is 6.42 Å². The van der Waals surface area contributed by atoms with Gasteiger partial charge >= 0.3 is 12.2 Å². The maximum absolute atomic E-state index is 11.8. The van der Waals surface area contributed by atoms with Crippen molar-refractivity contribution in [2.75, 3.05) is 26.2 Å². The van der Waals surface area contributed by atoms with Gasteiger partial charge in [-0.15, -0.1) is 0 Å². The van der Waals surface area contributed by atoms with Crippen molar-refractivity contribution in [2.24, 2.45) is 0 Å². The molecule has 0 saturated heterocycles. The predicted molar refractivity (Wildman–Crippen MR) is 53.0 cm³/mol. The first-order chi connectivity index (χ1) is 7.40. The number of amides is 2. The number of aliphatic hydroxyl groups excluding tert-OH is 1. The molecule has 0 fully saturated rings. The highest BCUT2D eigenvalue weighted by Gasteiger charge is 2.26. The van der Waals surface area contributed by atoms with Crippen LogP contribution >= 0.6 is 0 Å². The Hall–Kier alpha value is -0.980. The minimum atomic E-state index is -4.26. The van der Waals surface area contributed by atoms with E-state index in [9.17, 15) is 18.0 Å². The first-order valence-electron chi connectivity index (χ1n) is 5.11. The fourth-order valence-corrected chi connectivity index (χ4v) is 1.13. The van der Waals surface area contributed by atoms with E-state index in [1.54, 1.807) is 0 Å². The van der Waals surface area contributed by atoms with Gasteiger partial charge in [-0.1, -0.05) is 6.92 Å². The summed E-state index contributed by atoms with van der Waals surface area (Å²) in [4.78, 5) is 12.6. The zero-order chi connectivity index (χ0) is 12.6. The van der Waals surface area contributed by atoms with Crippen LogP contribution in [0, 0.1) is 0 Å². The average molecular weight is 242 g/mol. The van der Waals surface area contributed by atoms with E-state index in [4.69, 9.17) is 5.11 Å². The largest absolute Gasteiger partial charge is 0.395 e. The molecule has 0 aromatic rings. The smallest absolute Gasteiger partial charge is 0.390 e. The molecule has 4 nitrogen and oxygen atoms in total. The summed E-state index contributed by atoms with van der Waals surface area (Å²) < 4.78 is 35.4. The minimum absolute atomic E-state index is 0.131. The van der Waals surface area contributed by atoms with E-state index >= 15 is 0 Å². The molecule has 0 aromatic carbocycles. The van der Waals surface area contributed by atoms with Crippen molar-refractivity contribution in [2.45, 2.75) is 25.9 Å². The molecule has 0 heterocycles. The fourth-order valence-electron chi connectivity index (χ4n) is 1.13. The third-order valence-electron chi connectivity index (χ3n) is 1.84. The van der Waals surface area contributed by atoms with Crippen LogP contribution in [0.4, 0.5) is 18.0 Å². The molecule has 0 bridgehead atoms. The molecule has 0 unspecified atom stereocenters. The summed E-state index contributed by atoms with van der Waals surface area (Å²) in [6, 6.07) is -0.569. The second-order valence-corrected chi connectivity index (χ2v) is 3.31. The van der Waals surface area contributed by atoms with Crippen molar-refractivity contribution in [3.05, 3.63) is 0 Å². The van der Waals surface area contributed by atoms with Gasteiger partial charge < -0.3 is 15.3 Å². The van der Waals surface area contributed by atoms with Crippen LogP contribution in [0.25, 0.3) is 0 Å². The van der Waals surface area contributed by atoms with Gasteiger partial charge in [-0.25, -0.2) is 4.79 Å². The van der Waals surface area contributed by atoms with Crippen molar-refractivity contribution in [3.63, 3.8) is 0 Å². The SMILES string of the molecule is CCCN(CCO)C(=O)NCCC(F)(F)F. The Morgan fingerprint density at radius 1 is 1.38 bits per heavy atom. The Labute approximate surface area is 92.4 Å². The first-order valence-corrected chi connectivity index (χ1v) is 5.11. The Kier molecular flexibility index (Phi) is 6.87. The molecule has 2 N–H and O–H groups in total. The third kappa shape index (κ3) is 7.33. The predicted octanol–water partition coefficient (Wildman–Crippen LogP) is 1.35. The van der Waals surface area contributed by atoms with Crippen LogP contribution in [-0.4, -0.2) is 48.5 Å². The van der Waals surface area contributed by atoms with Gasteiger partial charge in [0.2, 0.25) is 0 Å². The van der Waals surface area contributed by atoms with Gasteiger partial charge in [0.05, 0.1) is 13.0 Å². The van der Waals surface area contributed by atoms with Crippen molar-refractivity contribution in [3.8, 4) is 0 Å². The Bertz CT molecular complexity index is 203. The van der Waals surface area contributed by atoms with Crippen molar-refractivity contribution in [1.82, 2.24) is 10.2 Å². The third-order valence-corrected chi connectivity index (χ3v) is 1.84. The number of rotatable bonds is 6. The maximum atomic E-state index is 11.8. The zero-order valence-corrected chi connectivity index (χ0v) is 9.18. The number of nitrogens with zero attached hydrogens (tertiary/aromatic N) is 1. The summed E-state index contributed by atoms with van der Waals surface area (Å²) in [6.45, 7) is 1.75. The summed E-state index contributed by atoms with van der Waals surface area (Å²) in [5.41, 5.74) is 0. The number of urea groups is 1. The molecule has 2 amide bonds. The van der Waals surface area contributed by atoms with Gasteiger partial charge in [-0.2, -0.15) is 13.2 Å². The monoisotopic (exact) mass is 242 g/mol. The second kappa shape index (κ2) is 7.32. The van der Waals surface area contributed by atoms with E-state index in [0.717, 1.165) is 0 Å². The lowest BCUT2D eigenvalue weighted by molar-refractivity contribution is -0.133. The fraction of sp³-hybridized carbons (Fsp3) is 0.889. The molecule has 16 heavy (non-hydrogen) atoms. The van der Waals surface area contributed by atoms with Gasteiger partial charge in [0.1, 0.15) is 0 Å². The van der Waals surface area contributed by atoms with E-state index in [2.05, 4.69) is 5.32 Å². The molecule has 0 atom stereocenters. The van der Waals surface area contributed by atoms with E-state index in [1.165, 1.54) is 4.90 Å². The van der Waals surface area contributed by atoms with E-state index in [-0.39, 0.29) is 13.2 Å². The number of nitrogens with one attached hydrogen (secondary N) is 1. The molecular formula is C9H17F3N2O2. The van der Waals surface area contributed by atoms with Crippen LogP contribution in [0.15, 0.2) is 0 Å². The van der Waals surface area contributed by atoms with Crippen molar-refractivity contribution < 1.29 is 23.1 Å². The summed E-state index contributed by atoms with van der Waals surface area (Å²) in [5.74, 6) is 0. The van der Waals surface area contributed by atoms with Gasteiger partial charge in [0.25, 0.3) is 0 Å². The lowest BCUT2D eigenvalue weighted by Gasteiger charge is -2.21. The molecule has 0 saturated carbocycles. The number of hydrogen-bond acceptors (Lipinski definition) is 2. The molecule has 7 heteroatoms. The quantitative estimate of drug-likeness (QED) is 0.738. The van der Waals surface area contributed by atoms with Crippen LogP contribution in [0.3, 0.4) is 0 Å².